The number of H-pyrrole nitrogens is 1. The van der Waals surface area contributed by atoms with Crippen molar-refractivity contribution in [2.75, 3.05) is 6.54 Å². The molecule has 3 heterocycles. The number of hydrogen-bond donors (Lipinski definition) is 3. The maximum Gasteiger partial charge on any atom is 0.327 e. The van der Waals surface area contributed by atoms with Gasteiger partial charge >= 0.3 is 6.03 Å². The van der Waals surface area contributed by atoms with E-state index in [1.807, 2.05) is 60.8 Å². The summed E-state index contributed by atoms with van der Waals surface area (Å²) in [4.78, 5) is 57.0. The minimum Gasteiger partial charge on any atom is -0.361 e. The predicted octanol–water partition coefficient (Wildman–Crippen LogP) is 2.33. The SMILES string of the molecule is O=CN[C@@H](Cc1c[nH]c2ccccc12)C(=O)N[C@H]1CCCN2C(=O)N(Cc3ccccc3)C(=O)C[C@H]12. The van der Waals surface area contributed by atoms with Crippen LogP contribution >= 0.6 is 0 Å². The highest BCUT2D eigenvalue weighted by Crippen LogP contribution is 2.28. The van der Waals surface area contributed by atoms with Gasteiger partial charge in [-0.25, -0.2) is 4.79 Å². The van der Waals surface area contributed by atoms with Gasteiger partial charge in [-0.3, -0.25) is 19.3 Å². The number of urea groups is 1. The summed E-state index contributed by atoms with van der Waals surface area (Å²) in [6, 6.07) is 15.3. The highest BCUT2D eigenvalue weighted by molar-refractivity contribution is 5.97. The molecule has 186 valence electrons. The molecule has 0 spiro atoms. The zero-order valence-corrected chi connectivity index (χ0v) is 19.9. The molecular weight excluding hydrogens is 458 g/mol. The lowest BCUT2D eigenvalue weighted by molar-refractivity contribution is -0.135. The Morgan fingerprint density at radius 3 is 2.69 bits per heavy atom. The van der Waals surface area contributed by atoms with Crippen LogP contribution in [0, 0.1) is 0 Å². The number of imide groups is 1. The second kappa shape index (κ2) is 10.2. The van der Waals surface area contributed by atoms with Gasteiger partial charge in [0.05, 0.1) is 12.6 Å². The second-order valence-corrected chi connectivity index (χ2v) is 9.37. The highest BCUT2D eigenvalue weighted by Gasteiger charge is 2.44. The van der Waals surface area contributed by atoms with Crippen molar-refractivity contribution in [2.45, 2.75) is 50.4 Å². The van der Waals surface area contributed by atoms with Crippen molar-refractivity contribution in [3.05, 3.63) is 71.9 Å². The van der Waals surface area contributed by atoms with Crippen LogP contribution in [0.3, 0.4) is 0 Å². The Labute approximate surface area is 208 Å². The topological polar surface area (TPSA) is 115 Å². The van der Waals surface area contributed by atoms with Crippen LogP contribution in [0.15, 0.2) is 60.8 Å². The summed E-state index contributed by atoms with van der Waals surface area (Å²) < 4.78 is 0. The van der Waals surface area contributed by atoms with E-state index in [9.17, 15) is 19.2 Å². The van der Waals surface area contributed by atoms with Crippen LogP contribution in [0.2, 0.25) is 0 Å². The molecule has 2 fully saturated rings. The molecule has 5 rings (SSSR count). The summed E-state index contributed by atoms with van der Waals surface area (Å²) in [5, 5.41) is 6.66. The van der Waals surface area contributed by atoms with Crippen molar-refractivity contribution in [1.29, 1.82) is 0 Å². The van der Waals surface area contributed by atoms with E-state index >= 15 is 0 Å². The van der Waals surface area contributed by atoms with Crippen molar-refractivity contribution in [1.82, 2.24) is 25.4 Å². The fraction of sp³-hybridized carbons (Fsp3) is 0.333. The molecule has 9 heteroatoms. The molecule has 3 atom stereocenters. The molecular formula is C27H29N5O4. The molecule has 0 aliphatic carbocycles. The molecule has 0 unspecified atom stereocenters. The van der Waals surface area contributed by atoms with E-state index in [2.05, 4.69) is 15.6 Å². The van der Waals surface area contributed by atoms with Crippen molar-refractivity contribution >= 4 is 35.2 Å². The first kappa shape index (κ1) is 23.6. The first-order valence-electron chi connectivity index (χ1n) is 12.2. The maximum atomic E-state index is 13.3. The van der Waals surface area contributed by atoms with Gasteiger partial charge in [0, 0.05) is 42.5 Å². The molecule has 0 saturated carbocycles. The third-order valence-electron chi connectivity index (χ3n) is 7.14. The van der Waals surface area contributed by atoms with Gasteiger partial charge in [-0.1, -0.05) is 48.5 Å². The molecule has 2 aliphatic heterocycles. The lowest BCUT2D eigenvalue weighted by atomic mass is 9.91. The van der Waals surface area contributed by atoms with E-state index < -0.39 is 12.1 Å². The van der Waals surface area contributed by atoms with E-state index in [1.54, 1.807) is 4.90 Å². The van der Waals surface area contributed by atoms with Gasteiger partial charge in [0.15, 0.2) is 0 Å². The molecule has 3 aromatic rings. The molecule has 0 bridgehead atoms. The van der Waals surface area contributed by atoms with E-state index in [0.29, 0.717) is 25.8 Å². The molecule has 5 amide bonds. The van der Waals surface area contributed by atoms with E-state index in [-0.39, 0.29) is 36.9 Å². The van der Waals surface area contributed by atoms with Crippen molar-refractivity contribution in [3.8, 4) is 0 Å². The zero-order chi connectivity index (χ0) is 25.1. The Morgan fingerprint density at radius 1 is 1.11 bits per heavy atom. The number of carbonyl (C=O) groups excluding carboxylic acids is 4. The Balaban J connectivity index is 1.28. The number of fused-ring (bicyclic) bond motifs is 2. The van der Waals surface area contributed by atoms with Crippen LogP contribution in [0.4, 0.5) is 4.79 Å². The third-order valence-corrected chi connectivity index (χ3v) is 7.14. The molecule has 2 aromatic carbocycles. The molecule has 36 heavy (non-hydrogen) atoms. The largest absolute Gasteiger partial charge is 0.361 e. The lowest BCUT2D eigenvalue weighted by Crippen LogP contribution is -2.65. The number of aromatic amines is 1. The normalized spacial score (nSPS) is 20.7. The van der Waals surface area contributed by atoms with Crippen LogP contribution in [-0.4, -0.2) is 63.7 Å². The van der Waals surface area contributed by atoms with Crippen LogP contribution in [0.5, 0.6) is 0 Å². The summed E-state index contributed by atoms with van der Waals surface area (Å²) in [7, 11) is 0. The van der Waals surface area contributed by atoms with Gasteiger partial charge in [0.2, 0.25) is 18.2 Å². The first-order chi connectivity index (χ1) is 17.5. The molecule has 0 radical (unpaired) electrons. The average Bonchev–Trinajstić information content (AvgIpc) is 3.30. The van der Waals surface area contributed by atoms with Gasteiger partial charge in [-0.2, -0.15) is 0 Å². The number of amides is 5. The van der Waals surface area contributed by atoms with Crippen molar-refractivity contribution in [2.24, 2.45) is 0 Å². The van der Waals surface area contributed by atoms with Crippen molar-refractivity contribution < 1.29 is 19.2 Å². The summed E-state index contributed by atoms with van der Waals surface area (Å²) in [6.07, 6.45) is 4.22. The fourth-order valence-electron chi connectivity index (χ4n) is 5.30. The Hall–Kier alpha value is -4.14. The quantitative estimate of drug-likeness (QED) is 0.423. The molecule has 1 aromatic heterocycles. The van der Waals surface area contributed by atoms with E-state index in [0.717, 1.165) is 28.5 Å². The summed E-state index contributed by atoms with van der Waals surface area (Å²) in [5.41, 5.74) is 2.77. The number of nitrogens with zero attached hydrogens (tertiary/aromatic N) is 2. The van der Waals surface area contributed by atoms with Gasteiger partial charge < -0.3 is 20.5 Å². The summed E-state index contributed by atoms with van der Waals surface area (Å²) in [6.45, 7) is 0.772. The number of rotatable bonds is 8. The minimum absolute atomic E-state index is 0.151. The molecule has 2 saturated heterocycles. The molecule has 9 nitrogen and oxygen atoms in total. The average molecular weight is 488 g/mol. The van der Waals surface area contributed by atoms with Gasteiger partial charge in [0.25, 0.3) is 0 Å². The highest BCUT2D eigenvalue weighted by atomic mass is 16.2. The maximum absolute atomic E-state index is 13.3. The number of hydrogen-bond acceptors (Lipinski definition) is 4. The first-order valence-corrected chi connectivity index (χ1v) is 12.2. The fourth-order valence-corrected chi connectivity index (χ4v) is 5.30. The van der Waals surface area contributed by atoms with Crippen LogP contribution < -0.4 is 10.6 Å². The van der Waals surface area contributed by atoms with E-state index in [4.69, 9.17) is 0 Å². The lowest BCUT2D eigenvalue weighted by Gasteiger charge is -2.46. The number of piperidine rings is 1. The van der Waals surface area contributed by atoms with Gasteiger partial charge in [0.1, 0.15) is 6.04 Å². The second-order valence-electron chi connectivity index (χ2n) is 9.37. The summed E-state index contributed by atoms with van der Waals surface area (Å²) in [5.74, 6) is -0.571. The Kier molecular flexibility index (Phi) is 6.71. The Morgan fingerprint density at radius 2 is 1.89 bits per heavy atom. The minimum atomic E-state index is -0.776. The Bertz CT molecular complexity index is 1270. The van der Waals surface area contributed by atoms with Gasteiger partial charge in [-0.05, 0) is 30.0 Å². The van der Waals surface area contributed by atoms with E-state index in [1.165, 1.54) is 4.90 Å². The van der Waals surface area contributed by atoms with Crippen molar-refractivity contribution in [3.63, 3.8) is 0 Å². The number of aromatic nitrogens is 1. The number of carbonyl (C=O) groups is 4. The standard InChI is InChI=1S/C27H29N5O4/c33-17-29-23(13-19-15-28-21-10-5-4-9-20(19)21)26(35)30-22-11-6-12-31-24(22)14-25(34)32(27(31)36)16-18-7-2-1-3-8-18/h1-5,7-10,15,17,22-24,28H,6,11-14,16H2,(H,29,33)(H,30,35)/t22-,23-,24+/m0/s1. The smallest absolute Gasteiger partial charge is 0.327 e. The summed E-state index contributed by atoms with van der Waals surface area (Å²) >= 11 is 0. The predicted molar refractivity (Wildman–Crippen MR) is 134 cm³/mol. The molecule has 3 N–H and O–H groups in total. The monoisotopic (exact) mass is 487 g/mol. The zero-order valence-electron chi connectivity index (χ0n) is 19.9. The number of nitrogens with one attached hydrogen (secondary N) is 3. The number of benzene rings is 2. The number of para-hydroxylation sites is 1. The molecule has 2 aliphatic rings. The van der Waals surface area contributed by atoms with Crippen LogP contribution in [0.1, 0.15) is 30.4 Å². The van der Waals surface area contributed by atoms with Crippen LogP contribution in [-0.2, 0) is 27.3 Å². The van der Waals surface area contributed by atoms with Crippen LogP contribution in [0.25, 0.3) is 10.9 Å². The van der Waals surface area contributed by atoms with Gasteiger partial charge in [-0.15, -0.1) is 0 Å². The third kappa shape index (κ3) is 4.68.